The summed E-state index contributed by atoms with van der Waals surface area (Å²) in [6, 6.07) is 0. The third-order valence-electron chi connectivity index (χ3n) is 1.41. The van der Waals surface area contributed by atoms with Crippen molar-refractivity contribution in [1.82, 2.24) is 10.2 Å². The number of nitrogens with two attached hydrogens (primary N) is 2. The Balaban J connectivity index is 2.92. The molecule has 1 aliphatic rings. The molecule has 0 atom stereocenters. The fourth-order valence-corrected chi connectivity index (χ4v) is 0.693. The summed E-state index contributed by atoms with van der Waals surface area (Å²) >= 11 is 0. The zero-order chi connectivity index (χ0) is 7.72. The van der Waals surface area contributed by atoms with Gasteiger partial charge in [0, 0.05) is 7.05 Å². The molecule has 0 saturated carbocycles. The third kappa shape index (κ3) is 0.854. The SMILES string of the molecule is CN1CNC(=O)C(N)=C1N. The van der Waals surface area contributed by atoms with Crippen LogP contribution in [0.25, 0.3) is 0 Å². The normalized spacial score (nSPS) is 19.3. The van der Waals surface area contributed by atoms with Crippen LogP contribution in [-0.2, 0) is 4.79 Å². The number of carbonyl (C=O) groups is 1. The first kappa shape index (κ1) is 6.73. The summed E-state index contributed by atoms with van der Waals surface area (Å²) in [4.78, 5) is 12.4. The zero-order valence-corrected chi connectivity index (χ0v) is 5.72. The molecule has 0 spiro atoms. The van der Waals surface area contributed by atoms with Crippen molar-refractivity contribution in [2.75, 3.05) is 13.7 Å². The Bertz CT molecular complexity index is 198. The van der Waals surface area contributed by atoms with E-state index < -0.39 is 0 Å². The van der Waals surface area contributed by atoms with E-state index in [-0.39, 0.29) is 11.6 Å². The molecule has 1 heterocycles. The molecular formula is C5H10N4O. The summed E-state index contributed by atoms with van der Waals surface area (Å²) in [6.45, 7) is 0.422. The van der Waals surface area contributed by atoms with Gasteiger partial charge >= 0.3 is 0 Å². The number of carbonyl (C=O) groups excluding carboxylic acids is 1. The second-order valence-electron chi connectivity index (χ2n) is 2.16. The minimum atomic E-state index is -0.296. The van der Waals surface area contributed by atoms with Gasteiger partial charge < -0.3 is 21.7 Å². The molecule has 5 N–H and O–H groups in total. The van der Waals surface area contributed by atoms with Crippen LogP contribution < -0.4 is 16.8 Å². The van der Waals surface area contributed by atoms with Crippen LogP contribution in [0.1, 0.15) is 0 Å². The fourth-order valence-electron chi connectivity index (χ4n) is 0.693. The first-order valence-electron chi connectivity index (χ1n) is 2.87. The largest absolute Gasteiger partial charge is 0.391 e. The topological polar surface area (TPSA) is 84.4 Å². The highest BCUT2D eigenvalue weighted by Crippen LogP contribution is 2.00. The Labute approximate surface area is 58.7 Å². The lowest BCUT2D eigenvalue weighted by Crippen LogP contribution is -2.46. The molecule has 0 aromatic carbocycles. The average molecular weight is 142 g/mol. The van der Waals surface area contributed by atoms with Crippen molar-refractivity contribution in [3.63, 3.8) is 0 Å². The predicted octanol–water partition coefficient (Wildman–Crippen LogP) is -1.91. The van der Waals surface area contributed by atoms with E-state index in [9.17, 15) is 4.79 Å². The summed E-state index contributed by atoms with van der Waals surface area (Å²) in [5.74, 6) is 0.0411. The summed E-state index contributed by atoms with van der Waals surface area (Å²) in [5, 5.41) is 2.54. The molecule has 56 valence electrons. The molecule has 5 nitrogen and oxygen atoms in total. The third-order valence-corrected chi connectivity index (χ3v) is 1.41. The highest BCUT2D eigenvalue weighted by molar-refractivity contribution is 5.93. The van der Waals surface area contributed by atoms with Crippen LogP contribution in [0, 0.1) is 0 Å². The van der Waals surface area contributed by atoms with Gasteiger partial charge in [0.1, 0.15) is 11.5 Å². The maximum Gasteiger partial charge on any atom is 0.272 e. The highest BCUT2D eigenvalue weighted by atomic mass is 16.2. The summed E-state index contributed by atoms with van der Waals surface area (Å²) in [6.07, 6.45) is 0. The van der Waals surface area contributed by atoms with Gasteiger partial charge in [0.2, 0.25) is 0 Å². The predicted molar refractivity (Wildman–Crippen MR) is 36.2 cm³/mol. The van der Waals surface area contributed by atoms with Gasteiger partial charge in [-0.3, -0.25) is 4.79 Å². The van der Waals surface area contributed by atoms with E-state index in [1.165, 1.54) is 0 Å². The summed E-state index contributed by atoms with van der Waals surface area (Å²) in [5.41, 5.74) is 10.8. The Morgan fingerprint density at radius 1 is 1.60 bits per heavy atom. The molecule has 0 aliphatic carbocycles. The minimum absolute atomic E-state index is 0.0914. The second-order valence-corrected chi connectivity index (χ2v) is 2.16. The van der Waals surface area contributed by atoms with Crippen LogP contribution in [0.3, 0.4) is 0 Å². The molecule has 1 aliphatic heterocycles. The van der Waals surface area contributed by atoms with Crippen LogP contribution in [-0.4, -0.2) is 24.5 Å². The molecule has 1 rings (SSSR count). The van der Waals surface area contributed by atoms with Crippen LogP contribution in [0.15, 0.2) is 11.5 Å². The van der Waals surface area contributed by atoms with E-state index in [0.717, 1.165) is 0 Å². The zero-order valence-electron chi connectivity index (χ0n) is 5.72. The van der Waals surface area contributed by atoms with Crippen LogP contribution in [0.2, 0.25) is 0 Å². The van der Waals surface area contributed by atoms with E-state index >= 15 is 0 Å². The van der Waals surface area contributed by atoms with Crippen LogP contribution in [0.4, 0.5) is 0 Å². The lowest BCUT2D eigenvalue weighted by Gasteiger charge is -2.25. The summed E-state index contributed by atoms with van der Waals surface area (Å²) in [7, 11) is 1.75. The average Bonchev–Trinajstić information content (AvgIpc) is 1.93. The number of nitrogens with zero attached hydrogens (tertiary/aromatic N) is 1. The lowest BCUT2D eigenvalue weighted by molar-refractivity contribution is -0.119. The van der Waals surface area contributed by atoms with Gasteiger partial charge in [0.05, 0.1) is 6.67 Å². The van der Waals surface area contributed by atoms with E-state index in [1.807, 2.05) is 0 Å². The van der Waals surface area contributed by atoms with E-state index in [4.69, 9.17) is 11.5 Å². The molecule has 0 fully saturated rings. The molecule has 10 heavy (non-hydrogen) atoms. The molecule has 5 heteroatoms. The van der Waals surface area contributed by atoms with Crippen LogP contribution in [0.5, 0.6) is 0 Å². The second kappa shape index (κ2) is 2.09. The first-order valence-corrected chi connectivity index (χ1v) is 2.87. The number of hydrogen-bond acceptors (Lipinski definition) is 4. The van der Waals surface area contributed by atoms with Gasteiger partial charge in [-0.05, 0) is 0 Å². The Morgan fingerprint density at radius 2 is 2.20 bits per heavy atom. The Hall–Kier alpha value is -1.39. The molecule has 0 aromatic rings. The van der Waals surface area contributed by atoms with Crippen molar-refractivity contribution in [2.24, 2.45) is 11.5 Å². The Morgan fingerprint density at radius 3 is 2.70 bits per heavy atom. The molecular weight excluding hydrogens is 132 g/mol. The number of rotatable bonds is 0. The van der Waals surface area contributed by atoms with E-state index in [1.54, 1.807) is 11.9 Å². The van der Waals surface area contributed by atoms with Crippen molar-refractivity contribution < 1.29 is 4.79 Å². The fraction of sp³-hybridized carbons (Fsp3) is 0.400. The molecule has 0 bridgehead atoms. The lowest BCUT2D eigenvalue weighted by atomic mass is 10.3. The van der Waals surface area contributed by atoms with Crippen molar-refractivity contribution in [3.8, 4) is 0 Å². The standard InChI is InChI=1S/C5H10N4O/c1-9-2-8-5(10)3(6)4(9)7/h2,6-7H2,1H3,(H,8,10). The van der Waals surface area contributed by atoms with Gasteiger partial charge in [0.25, 0.3) is 5.91 Å². The summed E-state index contributed by atoms with van der Waals surface area (Å²) < 4.78 is 0. The quantitative estimate of drug-likeness (QED) is 0.368. The van der Waals surface area contributed by atoms with Gasteiger partial charge in [0.15, 0.2) is 0 Å². The van der Waals surface area contributed by atoms with Crippen molar-refractivity contribution in [3.05, 3.63) is 11.5 Å². The van der Waals surface area contributed by atoms with Gasteiger partial charge in [-0.15, -0.1) is 0 Å². The van der Waals surface area contributed by atoms with Crippen molar-refractivity contribution >= 4 is 5.91 Å². The smallest absolute Gasteiger partial charge is 0.272 e. The molecule has 0 radical (unpaired) electrons. The van der Waals surface area contributed by atoms with E-state index in [2.05, 4.69) is 5.32 Å². The number of hydrogen-bond donors (Lipinski definition) is 3. The molecule has 1 amide bonds. The highest BCUT2D eigenvalue weighted by Gasteiger charge is 2.17. The van der Waals surface area contributed by atoms with Crippen LogP contribution >= 0.6 is 0 Å². The van der Waals surface area contributed by atoms with Gasteiger partial charge in [-0.25, -0.2) is 0 Å². The molecule has 0 unspecified atom stereocenters. The van der Waals surface area contributed by atoms with E-state index in [0.29, 0.717) is 12.5 Å². The van der Waals surface area contributed by atoms with Crippen molar-refractivity contribution in [2.45, 2.75) is 0 Å². The first-order chi connectivity index (χ1) is 4.63. The van der Waals surface area contributed by atoms with Gasteiger partial charge in [-0.2, -0.15) is 0 Å². The molecule has 0 saturated heterocycles. The van der Waals surface area contributed by atoms with Crippen molar-refractivity contribution in [1.29, 1.82) is 0 Å². The van der Waals surface area contributed by atoms with Gasteiger partial charge in [-0.1, -0.05) is 0 Å². The maximum atomic E-state index is 10.7. The number of nitrogens with one attached hydrogen (secondary N) is 1. The minimum Gasteiger partial charge on any atom is -0.391 e. The number of amides is 1. The maximum absolute atomic E-state index is 10.7. The Kier molecular flexibility index (Phi) is 1.41. The monoisotopic (exact) mass is 142 g/mol. The molecule has 0 aromatic heterocycles.